The van der Waals surface area contributed by atoms with Crippen LogP contribution in [0.4, 0.5) is 0 Å². The average molecular weight is 664 g/mol. The Kier molecular flexibility index (Phi) is 4.30. The number of rotatable bonds is 4. The molecule has 0 spiro atoms. The molecule has 6 nitrogen and oxygen atoms in total. The van der Waals surface area contributed by atoms with Crippen molar-refractivity contribution in [2.24, 2.45) is 0 Å². The molecule has 0 saturated heterocycles. The lowest BCUT2D eigenvalue weighted by Crippen LogP contribution is -2.06. The van der Waals surface area contributed by atoms with Gasteiger partial charge in [-0.1, -0.05) is 115 Å². The number of benzene rings is 7. The summed E-state index contributed by atoms with van der Waals surface area (Å²) in [7, 11) is 0. The molecule has 0 aliphatic heterocycles. The van der Waals surface area contributed by atoms with Crippen LogP contribution in [0.25, 0.3) is 106 Å². The van der Waals surface area contributed by atoms with Crippen LogP contribution in [0.1, 0.15) is 12.3 Å². The van der Waals surface area contributed by atoms with Crippen LogP contribution in [0.15, 0.2) is 166 Å². The SMILES string of the molecule is [2H]c1c([2H])c([2H])c(-c2cccc3c2c2c([2H])c([2H])c([2H])c([2H])c2n3-c2nc(-c3ccc4c(c3)oc3ccccc34)nc(-c3cccc4c3oc3ccccc34)n2)c([2H])c1[2H]. The van der Waals surface area contributed by atoms with Gasteiger partial charge >= 0.3 is 0 Å². The Labute approximate surface area is 303 Å². The van der Waals surface area contributed by atoms with Crippen LogP contribution < -0.4 is 0 Å². The fraction of sp³-hybridized carbons (Fsp3) is 0. The molecule has 51 heavy (non-hydrogen) atoms. The van der Waals surface area contributed by atoms with E-state index in [1.165, 1.54) is 4.57 Å². The number of hydrogen-bond acceptors (Lipinski definition) is 5. The molecule has 11 rings (SSSR count). The fourth-order valence-electron chi connectivity index (χ4n) is 7.07. The third-order valence-corrected chi connectivity index (χ3v) is 9.30. The van der Waals surface area contributed by atoms with Crippen LogP contribution >= 0.6 is 0 Å². The summed E-state index contributed by atoms with van der Waals surface area (Å²) in [6.07, 6.45) is 0. The zero-order chi connectivity index (χ0) is 41.3. The van der Waals surface area contributed by atoms with Gasteiger partial charge in [-0.05, 0) is 53.6 Å². The molecule has 0 bridgehead atoms. The molecule has 238 valence electrons. The van der Waals surface area contributed by atoms with Crippen molar-refractivity contribution in [3.8, 4) is 39.9 Å². The van der Waals surface area contributed by atoms with E-state index in [1.807, 2.05) is 84.9 Å². The van der Waals surface area contributed by atoms with E-state index in [9.17, 15) is 2.74 Å². The van der Waals surface area contributed by atoms with Gasteiger partial charge in [-0.25, -0.2) is 4.98 Å². The van der Waals surface area contributed by atoms with Crippen molar-refractivity contribution in [3.63, 3.8) is 0 Å². The first-order valence-corrected chi connectivity index (χ1v) is 16.2. The van der Waals surface area contributed by atoms with E-state index >= 15 is 0 Å². The molecular formula is C45H26N4O2. The molecular weight excluding hydrogens is 629 g/mol. The van der Waals surface area contributed by atoms with E-state index in [4.69, 9.17) is 33.4 Å². The smallest absolute Gasteiger partial charge is 0.238 e. The minimum absolute atomic E-state index is 0.00365. The number of aromatic nitrogens is 4. The average Bonchev–Trinajstić information content (AvgIpc) is 3.96. The lowest BCUT2D eigenvalue weighted by molar-refractivity contribution is 0.668. The Bertz CT molecular complexity index is 3660. The molecule has 0 radical (unpaired) electrons. The topological polar surface area (TPSA) is 69.9 Å². The second-order valence-corrected chi connectivity index (χ2v) is 12.1. The van der Waals surface area contributed by atoms with Gasteiger partial charge in [0.1, 0.15) is 22.3 Å². The highest BCUT2D eigenvalue weighted by Crippen LogP contribution is 2.40. The summed E-state index contributed by atoms with van der Waals surface area (Å²) in [6.45, 7) is 0. The molecule has 0 aliphatic carbocycles. The maximum atomic E-state index is 9.28. The van der Waals surface area contributed by atoms with Crippen molar-refractivity contribution in [3.05, 3.63) is 158 Å². The predicted octanol–water partition coefficient (Wildman–Crippen LogP) is 11.8. The van der Waals surface area contributed by atoms with Crippen molar-refractivity contribution in [1.82, 2.24) is 19.5 Å². The van der Waals surface area contributed by atoms with Gasteiger partial charge < -0.3 is 8.83 Å². The number of nitrogens with zero attached hydrogens (tertiary/aromatic N) is 4. The van der Waals surface area contributed by atoms with Crippen molar-refractivity contribution in [2.45, 2.75) is 0 Å². The number of para-hydroxylation sites is 4. The summed E-state index contributed by atoms with van der Waals surface area (Å²) < 4.78 is 93.0. The lowest BCUT2D eigenvalue weighted by Gasteiger charge is -2.11. The van der Waals surface area contributed by atoms with Crippen molar-refractivity contribution >= 4 is 65.7 Å². The first kappa shape index (κ1) is 20.5. The van der Waals surface area contributed by atoms with E-state index in [0.717, 1.165) is 21.5 Å². The fourth-order valence-corrected chi connectivity index (χ4v) is 7.07. The van der Waals surface area contributed by atoms with Crippen LogP contribution in [0.5, 0.6) is 0 Å². The van der Waals surface area contributed by atoms with Gasteiger partial charge in [-0.2, -0.15) is 9.97 Å². The Hall–Kier alpha value is -7.05. The maximum Gasteiger partial charge on any atom is 0.238 e. The first-order valence-electron chi connectivity index (χ1n) is 20.7. The van der Waals surface area contributed by atoms with Crippen molar-refractivity contribution in [1.29, 1.82) is 0 Å². The highest BCUT2D eigenvalue weighted by atomic mass is 16.3. The Morgan fingerprint density at radius 2 is 1.16 bits per heavy atom. The normalized spacial score (nSPS) is 14.4. The van der Waals surface area contributed by atoms with Gasteiger partial charge in [0, 0.05) is 37.9 Å². The molecule has 0 fully saturated rings. The molecule has 0 aliphatic rings. The molecule has 7 aromatic carbocycles. The van der Waals surface area contributed by atoms with Gasteiger partial charge in [0.25, 0.3) is 0 Å². The second-order valence-electron chi connectivity index (χ2n) is 12.1. The van der Waals surface area contributed by atoms with Crippen LogP contribution in [0, 0.1) is 0 Å². The van der Waals surface area contributed by atoms with E-state index in [2.05, 4.69) is 0 Å². The second kappa shape index (κ2) is 10.7. The molecule has 0 unspecified atom stereocenters. The molecule has 0 amide bonds. The Balaban J connectivity index is 1.27. The van der Waals surface area contributed by atoms with Gasteiger partial charge in [0.15, 0.2) is 11.6 Å². The zero-order valence-electron chi connectivity index (χ0n) is 35.4. The molecule has 0 N–H and O–H groups in total. The van der Waals surface area contributed by atoms with E-state index in [1.54, 1.807) is 18.2 Å². The zero-order valence-corrected chi connectivity index (χ0v) is 26.4. The molecule has 11 aromatic rings. The maximum absolute atomic E-state index is 9.28. The molecule has 4 heterocycles. The van der Waals surface area contributed by atoms with E-state index in [0.29, 0.717) is 39.0 Å². The highest BCUT2D eigenvalue weighted by molar-refractivity contribution is 6.16. The van der Waals surface area contributed by atoms with Crippen LogP contribution in [-0.4, -0.2) is 19.5 Å². The lowest BCUT2D eigenvalue weighted by atomic mass is 9.99. The summed E-state index contributed by atoms with van der Waals surface area (Å²) in [5.74, 6) is 0.432. The summed E-state index contributed by atoms with van der Waals surface area (Å²) >= 11 is 0. The summed E-state index contributed by atoms with van der Waals surface area (Å²) in [6, 6.07) is 27.3. The van der Waals surface area contributed by atoms with Crippen LogP contribution in [0.3, 0.4) is 0 Å². The van der Waals surface area contributed by atoms with Gasteiger partial charge in [0.2, 0.25) is 5.95 Å². The minimum atomic E-state index is -0.559. The monoisotopic (exact) mass is 663 g/mol. The standard InChI is InChI=1S/C45H26N4O2/c1-2-12-27(13-3-1)29-17-11-21-37-41(29)34-16-4-7-20-36(34)49(37)45-47-43(28-24-25-32-30-14-5-8-22-38(30)50-40(32)26-28)46-44(48-45)35-19-10-18-33-31-15-6-9-23-39(31)51-42(33)35/h1-26H/i1D,2D,3D,4D,7D,12D,13D,16D,20D. The van der Waals surface area contributed by atoms with Crippen molar-refractivity contribution in [2.75, 3.05) is 0 Å². The number of furan rings is 2. The van der Waals surface area contributed by atoms with E-state index < -0.39 is 42.3 Å². The van der Waals surface area contributed by atoms with Gasteiger partial charge in [-0.3, -0.25) is 4.57 Å². The number of hydrogen-bond donors (Lipinski definition) is 0. The Morgan fingerprint density at radius 1 is 0.471 bits per heavy atom. The molecule has 0 atom stereocenters. The summed E-state index contributed by atoms with van der Waals surface area (Å²) in [5, 5.41) is 3.87. The molecule has 4 aromatic heterocycles. The number of fused-ring (bicyclic) bond motifs is 9. The first-order chi connectivity index (χ1) is 29.0. The van der Waals surface area contributed by atoms with E-state index in [-0.39, 0.29) is 57.1 Å². The summed E-state index contributed by atoms with van der Waals surface area (Å²) in [5.41, 5.74) is 4.02. The van der Waals surface area contributed by atoms with Crippen molar-refractivity contribution < 1.29 is 21.2 Å². The van der Waals surface area contributed by atoms with Crippen LogP contribution in [0.2, 0.25) is 0 Å². The van der Waals surface area contributed by atoms with Crippen LogP contribution in [-0.2, 0) is 0 Å². The predicted molar refractivity (Wildman–Crippen MR) is 205 cm³/mol. The largest absolute Gasteiger partial charge is 0.456 e. The minimum Gasteiger partial charge on any atom is -0.456 e. The van der Waals surface area contributed by atoms with Gasteiger partial charge in [0.05, 0.1) is 28.9 Å². The third kappa shape index (κ3) is 4.20. The Morgan fingerprint density at radius 3 is 2.04 bits per heavy atom. The highest BCUT2D eigenvalue weighted by Gasteiger charge is 2.22. The quantitative estimate of drug-likeness (QED) is 0.187. The van der Waals surface area contributed by atoms with Gasteiger partial charge in [-0.15, -0.1) is 0 Å². The summed E-state index contributed by atoms with van der Waals surface area (Å²) in [4.78, 5) is 15.1. The molecule has 6 heteroatoms. The third-order valence-electron chi connectivity index (χ3n) is 9.30. The molecule has 0 saturated carbocycles.